The standard InChI is InChI=1S/C16H20INO2/c17-10-14-9-16(14)7-4-8-18(12-16)15(19)20-11-13-5-2-1-3-6-13/h1-3,5-6,14H,4,7-12H2. The lowest BCUT2D eigenvalue weighted by Gasteiger charge is -2.33. The molecule has 0 N–H and O–H groups in total. The molecule has 0 bridgehead atoms. The molecule has 1 aromatic carbocycles. The minimum Gasteiger partial charge on any atom is -0.445 e. The molecule has 1 saturated heterocycles. The average Bonchev–Trinajstić information content (AvgIpc) is 3.18. The van der Waals surface area contributed by atoms with Crippen molar-refractivity contribution < 1.29 is 9.53 Å². The van der Waals surface area contributed by atoms with E-state index in [1.54, 1.807) is 0 Å². The zero-order chi connectivity index (χ0) is 14.0. The number of carbonyl (C=O) groups is 1. The number of piperidine rings is 1. The minimum atomic E-state index is -0.146. The van der Waals surface area contributed by atoms with E-state index in [-0.39, 0.29) is 6.09 Å². The minimum absolute atomic E-state index is 0.146. The second kappa shape index (κ2) is 5.92. The molecule has 1 amide bonds. The van der Waals surface area contributed by atoms with Crippen LogP contribution in [0.5, 0.6) is 0 Å². The van der Waals surface area contributed by atoms with Crippen molar-refractivity contribution in [3.05, 3.63) is 35.9 Å². The summed E-state index contributed by atoms with van der Waals surface area (Å²) in [6, 6.07) is 9.87. The Morgan fingerprint density at radius 3 is 2.90 bits per heavy atom. The van der Waals surface area contributed by atoms with Gasteiger partial charge in [-0.1, -0.05) is 52.9 Å². The van der Waals surface area contributed by atoms with E-state index in [1.165, 1.54) is 17.3 Å². The van der Waals surface area contributed by atoms with Crippen LogP contribution in [0.2, 0.25) is 0 Å². The van der Waals surface area contributed by atoms with Gasteiger partial charge in [-0.05, 0) is 36.2 Å². The van der Waals surface area contributed by atoms with E-state index < -0.39 is 0 Å². The summed E-state index contributed by atoms with van der Waals surface area (Å²) in [7, 11) is 0. The second-order valence-corrected chi connectivity index (χ2v) is 6.86. The molecule has 0 radical (unpaired) electrons. The number of nitrogens with zero attached hydrogens (tertiary/aromatic N) is 1. The van der Waals surface area contributed by atoms with E-state index in [0.29, 0.717) is 12.0 Å². The van der Waals surface area contributed by atoms with Gasteiger partial charge >= 0.3 is 6.09 Å². The van der Waals surface area contributed by atoms with Crippen LogP contribution in [0.15, 0.2) is 30.3 Å². The maximum absolute atomic E-state index is 12.2. The first-order valence-corrected chi connectivity index (χ1v) is 8.78. The number of alkyl halides is 1. The Labute approximate surface area is 133 Å². The van der Waals surface area contributed by atoms with Gasteiger partial charge < -0.3 is 9.64 Å². The molecule has 20 heavy (non-hydrogen) atoms. The molecule has 108 valence electrons. The zero-order valence-corrected chi connectivity index (χ0v) is 13.7. The second-order valence-electron chi connectivity index (χ2n) is 5.98. The van der Waals surface area contributed by atoms with Crippen LogP contribution in [0.3, 0.4) is 0 Å². The third kappa shape index (κ3) is 2.95. The van der Waals surface area contributed by atoms with E-state index in [1.807, 2.05) is 35.2 Å². The maximum Gasteiger partial charge on any atom is 0.410 e. The maximum atomic E-state index is 12.2. The Morgan fingerprint density at radius 1 is 1.40 bits per heavy atom. The third-order valence-corrected chi connectivity index (χ3v) is 5.68. The smallest absolute Gasteiger partial charge is 0.410 e. The highest BCUT2D eigenvalue weighted by atomic mass is 127. The molecule has 3 rings (SSSR count). The molecule has 2 unspecified atom stereocenters. The van der Waals surface area contributed by atoms with Crippen LogP contribution in [-0.2, 0) is 11.3 Å². The van der Waals surface area contributed by atoms with Gasteiger partial charge in [0.05, 0.1) is 0 Å². The van der Waals surface area contributed by atoms with Gasteiger partial charge in [-0.2, -0.15) is 0 Å². The Morgan fingerprint density at radius 2 is 2.20 bits per heavy atom. The number of hydrogen-bond acceptors (Lipinski definition) is 2. The van der Waals surface area contributed by atoms with Crippen LogP contribution in [0.4, 0.5) is 4.79 Å². The molecular formula is C16H20INO2. The van der Waals surface area contributed by atoms with Gasteiger partial charge in [0.2, 0.25) is 0 Å². The topological polar surface area (TPSA) is 29.5 Å². The van der Waals surface area contributed by atoms with Gasteiger partial charge in [-0.3, -0.25) is 0 Å². The van der Waals surface area contributed by atoms with E-state index in [0.717, 1.165) is 31.0 Å². The fourth-order valence-corrected chi connectivity index (χ4v) is 4.52. The summed E-state index contributed by atoms with van der Waals surface area (Å²) in [5, 5.41) is 0. The molecule has 1 spiro atoms. The quantitative estimate of drug-likeness (QED) is 0.584. The number of hydrogen-bond donors (Lipinski definition) is 0. The summed E-state index contributed by atoms with van der Waals surface area (Å²) in [4.78, 5) is 14.1. The molecule has 2 aliphatic rings. The number of halogens is 1. The molecule has 1 aliphatic heterocycles. The molecule has 1 aliphatic carbocycles. The van der Waals surface area contributed by atoms with Crippen molar-refractivity contribution in [2.75, 3.05) is 17.5 Å². The summed E-state index contributed by atoms with van der Waals surface area (Å²) in [6.45, 7) is 2.12. The van der Waals surface area contributed by atoms with Gasteiger partial charge in [-0.15, -0.1) is 0 Å². The van der Waals surface area contributed by atoms with Crippen LogP contribution in [0, 0.1) is 11.3 Å². The first-order valence-electron chi connectivity index (χ1n) is 7.25. The molecule has 1 heterocycles. The lowest BCUT2D eigenvalue weighted by molar-refractivity contribution is 0.0735. The number of ether oxygens (including phenoxy) is 1. The summed E-state index contributed by atoms with van der Waals surface area (Å²) in [6.07, 6.45) is 3.54. The predicted octanol–water partition coefficient (Wildman–Crippen LogP) is 3.86. The third-order valence-electron chi connectivity index (χ3n) is 4.62. The molecule has 2 fully saturated rings. The normalized spacial score (nSPS) is 28.4. The van der Waals surface area contributed by atoms with Gasteiger partial charge in [0.15, 0.2) is 0 Å². The predicted molar refractivity (Wildman–Crippen MR) is 86.9 cm³/mol. The molecular weight excluding hydrogens is 365 g/mol. The number of rotatable bonds is 3. The molecule has 3 nitrogen and oxygen atoms in total. The SMILES string of the molecule is O=C(OCc1ccccc1)N1CCCC2(CC2CI)C1. The van der Waals surface area contributed by atoms with E-state index in [4.69, 9.17) is 4.74 Å². The molecule has 1 saturated carbocycles. The molecule has 4 heteroatoms. The molecule has 2 atom stereocenters. The largest absolute Gasteiger partial charge is 0.445 e. The first kappa shape index (κ1) is 14.2. The lowest BCUT2D eigenvalue weighted by Crippen LogP contribution is -2.41. The number of benzene rings is 1. The van der Waals surface area contributed by atoms with Crippen LogP contribution < -0.4 is 0 Å². The highest BCUT2D eigenvalue weighted by molar-refractivity contribution is 14.1. The van der Waals surface area contributed by atoms with Crippen LogP contribution >= 0.6 is 22.6 Å². The van der Waals surface area contributed by atoms with Gasteiger partial charge in [0.1, 0.15) is 6.61 Å². The van der Waals surface area contributed by atoms with Crippen LogP contribution in [0.25, 0.3) is 0 Å². The van der Waals surface area contributed by atoms with E-state index in [9.17, 15) is 4.79 Å². The zero-order valence-electron chi connectivity index (χ0n) is 11.6. The van der Waals surface area contributed by atoms with E-state index >= 15 is 0 Å². The van der Waals surface area contributed by atoms with Crippen molar-refractivity contribution in [3.63, 3.8) is 0 Å². The van der Waals surface area contributed by atoms with Crippen LogP contribution in [-0.4, -0.2) is 28.5 Å². The average molecular weight is 385 g/mol. The number of likely N-dealkylation sites (tertiary alicyclic amines) is 1. The Hall–Kier alpha value is -0.780. The monoisotopic (exact) mass is 385 g/mol. The summed E-state index contributed by atoms with van der Waals surface area (Å²) < 4.78 is 6.66. The fraction of sp³-hybridized carbons (Fsp3) is 0.562. The molecule has 0 aromatic heterocycles. The van der Waals surface area contributed by atoms with E-state index in [2.05, 4.69) is 22.6 Å². The highest BCUT2D eigenvalue weighted by Gasteiger charge is 2.55. The van der Waals surface area contributed by atoms with Crippen molar-refractivity contribution in [2.45, 2.75) is 25.9 Å². The van der Waals surface area contributed by atoms with Crippen LogP contribution in [0.1, 0.15) is 24.8 Å². The van der Waals surface area contributed by atoms with Gasteiger partial charge in [0.25, 0.3) is 0 Å². The highest BCUT2D eigenvalue weighted by Crippen LogP contribution is 2.58. The summed E-state index contributed by atoms with van der Waals surface area (Å²) in [5.41, 5.74) is 1.47. The Bertz CT molecular complexity index is 479. The fourth-order valence-electron chi connectivity index (χ4n) is 3.28. The van der Waals surface area contributed by atoms with Crippen molar-refractivity contribution in [3.8, 4) is 0 Å². The summed E-state index contributed by atoms with van der Waals surface area (Å²) in [5.74, 6) is 0.813. The Kier molecular flexibility index (Phi) is 4.19. The number of carbonyl (C=O) groups excluding carboxylic acids is 1. The van der Waals surface area contributed by atoms with Crippen molar-refractivity contribution in [1.82, 2.24) is 4.90 Å². The first-order chi connectivity index (χ1) is 9.73. The Balaban J connectivity index is 1.52. The van der Waals surface area contributed by atoms with Gasteiger partial charge in [-0.25, -0.2) is 4.79 Å². The summed E-state index contributed by atoms with van der Waals surface area (Å²) >= 11 is 2.47. The number of amides is 1. The van der Waals surface area contributed by atoms with Crippen molar-refractivity contribution in [1.29, 1.82) is 0 Å². The lowest BCUT2D eigenvalue weighted by atomic mass is 9.93. The molecule has 1 aromatic rings. The van der Waals surface area contributed by atoms with Crippen molar-refractivity contribution >= 4 is 28.7 Å². The van der Waals surface area contributed by atoms with Crippen molar-refractivity contribution in [2.24, 2.45) is 11.3 Å². The van der Waals surface area contributed by atoms with Gasteiger partial charge in [0, 0.05) is 17.5 Å².